The molecule has 1 fully saturated rings. The summed E-state index contributed by atoms with van der Waals surface area (Å²) >= 11 is 0. The molecular formula is C19H34IN5. The largest absolute Gasteiger partial charge is 0.363 e. The zero-order chi connectivity index (χ0) is 17.5. The Morgan fingerprint density at radius 3 is 2.52 bits per heavy atom. The van der Waals surface area contributed by atoms with Gasteiger partial charge in [0.05, 0.1) is 0 Å². The van der Waals surface area contributed by atoms with Gasteiger partial charge < -0.3 is 15.1 Å². The molecule has 6 heteroatoms. The number of hydrogen-bond acceptors (Lipinski definition) is 3. The summed E-state index contributed by atoms with van der Waals surface area (Å²) in [6.07, 6.45) is 7.30. The number of rotatable bonds is 5. The second-order valence-corrected chi connectivity index (χ2v) is 7.32. The molecule has 2 rings (SSSR count). The van der Waals surface area contributed by atoms with Gasteiger partial charge in [0, 0.05) is 47.5 Å². The summed E-state index contributed by atoms with van der Waals surface area (Å²) < 4.78 is 0. The summed E-state index contributed by atoms with van der Waals surface area (Å²) in [5, 5.41) is 3.48. The number of pyridine rings is 1. The van der Waals surface area contributed by atoms with Crippen molar-refractivity contribution in [1.82, 2.24) is 15.2 Å². The van der Waals surface area contributed by atoms with Crippen LogP contribution in [0.25, 0.3) is 0 Å². The Morgan fingerprint density at radius 2 is 1.92 bits per heavy atom. The van der Waals surface area contributed by atoms with E-state index in [0.29, 0.717) is 0 Å². The first-order chi connectivity index (χ1) is 11.5. The van der Waals surface area contributed by atoms with E-state index in [1.807, 2.05) is 32.2 Å². The molecule has 0 unspecified atom stereocenters. The monoisotopic (exact) mass is 459 g/mol. The van der Waals surface area contributed by atoms with Gasteiger partial charge >= 0.3 is 0 Å². The number of nitrogens with zero attached hydrogens (tertiary/aromatic N) is 4. The second-order valence-electron chi connectivity index (χ2n) is 7.32. The Hall–Kier alpha value is -1.05. The lowest BCUT2D eigenvalue weighted by Gasteiger charge is -2.31. The van der Waals surface area contributed by atoms with Crippen molar-refractivity contribution in [3.8, 4) is 0 Å². The van der Waals surface area contributed by atoms with E-state index < -0.39 is 0 Å². The normalized spacial score (nSPS) is 20.6. The average Bonchev–Trinajstić information content (AvgIpc) is 2.57. The maximum absolute atomic E-state index is 4.45. The smallest absolute Gasteiger partial charge is 0.193 e. The molecule has 1 aromatic rings. The number of nitrogens with one attached hydrogen (secondary N) is 1. The molecule has 1 aliphatic rings. The summed E-state index contributed by atoms with van der Waals surface area (Å²) in [6, 6.07) is 4.17. The fraction of sp³-hybridized carbons (Fsp3) is 0.684. The molecule has 1 N–H and O–H groups in total. The highest BCUT2D eigenvalue weighted by atomic mass is 127. The number of aromatic nitrogens is 1. The van der Waals surface area contributed by atoms with Gasteiger partial charge in [0.25, 0.3) is 0 Å². The molecule has 0 spiro atoms. The molecule has 1 aromatic heterocycles. The summed E-state index contributed by atoms with van der Waals surface area (Å²) in [5.74, 6) is 3.65. The van der Waals surface area contributed by atoms with Gasteiger partial charge in [0.2, 0.25) is 0 Å². The van der Waals surface area contributed by atoms with Gasteiger partial charge in [-0.25, -0.2) is 4.98 Å². The van der Waals surface area contributed by atoms with Gasteiger partial charge in [-0.2, -0.15) is 0 Å². The Bertz CT molecular complexity index is 538. The SMILES string of the molecule is CN=C(NCc1ccnc(N(C)C)c1)N(C)CC1CCC(C)CC1.I. The maximum atomic E-state index is 4.45. The zero-order valence-corrected chi connectivity index (χ0v) is 18.7. The molecule has 0 amide bonds. The predicted molar refractivity (Wildman–Crippen MR) is 118 cm³/mol. The summed E-state index contributed by atoms with van der Waals surface area (Å²) in [6.45, 7) is 4.23. The number of aliphatic imine (C=N–C) groups is 1. The van der Waals surface area contributed by atoms with Crippen molar-refractivity contribution in [1.29, 1.82) is 0 Å². The second kappa shape index (κ2) is 10.8. The van der Waals surface area contributed by atoms with E-state index in [9.17, 15) is 0 Å². The Labute approximate surface area is 170 Å². The van der Waals surface area contributed by atoms with E-state index in [0.717, 1.165) is 36.7 Å². The third-order valence-electron chi connectivity index (χ3n) is 4.96. The van der Waals surface area contributed by atoms with Crippen molar-refractivity contribution >= 4 is 35.8 Å². The lowest BCUT2D eigenvalue weighted by atomic mass is 9.83. The number of halogens is 1. The molecule has 0 saturated heterocycles. The summed E-state index contributed by atoms with van der Waals surface area (Å²) in [7, 11) is 8.03. The molecule has 0 radical (unpaired) electrons. The van der Waals surface area contributed by atoms with E-state index in [4.69, 9.17) is 0 Å². The van der Waals surface area contributed by atoms with Crippen molar-refractivity contribution in [2.24, 2.45) is 16.8 Å². The van der Waals surface area contributed by atoms with Gasteiger partial charge in [0.15, 0.2) is 5.96 Å². The van der Waals surface area contributed by atoms with Crippen molar-refractivity contribution in [2.75, 3.05) is 39.6 Å². The fourth-order valence-corrected chi connectivity index (χ4v) is 3.37. The maximum Gasteiger partial charge on any atom is 0.193 e. The highest BCUT2D eigenvalue weighted by molar-refractivity contribution is 14.0. The number of guanidine groups is 1. The molecule has 0 atom stereocenters. The van der Waals surface area contributed by atoms with Gasteiger partial charge in [-0.1, -0.05) is 19.8 Å². The molecule has 1 aliphatic carbocycles. The summed E-state index contributed by atoms with van der Waals surface area (Å²) in [5.41, 5.74) is 1.22. The van der Waals surface area contributed by atoms with Gasteiger partial charge in [-0.3, -0.25) is 4.99 Å². The topological polar surface area (TPSA) is 43.8 Å². The molecule has 0 aliphatic heterocycles. The quantitative estimate of drug-likeness (QED) is 0.415. The highest BCUT2D eigenvalue weighted by Gasteiger charge is 2.20. The first-order valence-electron chi connectivity index (χ1n) is 9.03. The molecule has 5 nitrogen and oxygen atoms in total. The minimum Gasteiger partial charge on any atom is -0.363 e. The van der Waals surface area contributed by atoms with E-state index in [2.05, 4.69) is 46.3 Å². The van der Waals surface area contributed by atoms with E-state index >= 15 is 0 Å². The minimum atomic E-state index is 0. The van der Waals surface area contributed by atoms with Gasteiger partial charge in [-0.15, -0.1) is 24.0 Å². The van der Waals surface area contributed by atoms with Crippen LogP contribution in [0, 0.1) is 11.8 Å². The molecule has 0 bridgehead atoms. The van der Waals surface area contributed by atoms with Crippen LogP contribution in [-0.4, -0.2) is 50.6 Å². The van der Waals surface area contributed by atoms with Gasteiger partial charge in [-0.05, 0) is 42.4 Å². The molecule has 1 saturated carbocycles. The highest BCUT2D eigenvalue weighted by Crippen LogP contribution is 2.28. The van der Waals surface area contributed by atoms with Crippen molar-refractivity contribution in [3.05, 3.63) is 23.9 Å². The first-order valence-corrected chi connectivity index (χ1v) is 9.03. The zero-order valence-electron chi connectivity index (χ0n) is 16.3. The predicted octanol–water partition coefficient (Wildman–Crippen LogP) is 3.60. The number of anilines is 1. The third kappa shape index (κ3) is 6.99. The number of hydrogen-bond donors (Lipinski definition) is 1. The Balaban J connectivity index is 0.00000312. The third-order valence-corrected chi connectivity index (χ3v) is 4.96. The van der Waals surface area contributed by atoms with Crippen molar-refractivity contribution < 1.29 is 0 Å². The molecule has 1 heterocycles. The van der Waals surface area contributed by atoms with Crippen LogP contribution >= 0.6 is 24.0 Å². The van der Waals surface area contributed by atoms with E-state index in [1.54, 1.807) is 0 Å². The first kappa shape index (κ1) is 22.0. The van der Waals surface area contributed by atoms with Crippen LogP contribution in [0.4, 0.5) is 5.82 Å². The fourth-order valence-electron chi connectivity index (χ4n) is 3.37. The standard InChI is InChI=1S/C19H33N5.HI/c1-15-6-8-16(9-7-15)14-24(5)19(20-2)22-13-17-10-11-21-18(12-17)23(3)4;/h10-12,15-16H,6-9,13-14H2,1-5H3,(H,20,22);1H. The van der Waals surface area contributed by atoms with Crippen molar-refractivity contribution in [2.45, 2.75) is 39.2 Å². The average molecular weight is 459 g/mol. The van der Waals surface area contributed by atoms with Gasteiger partial charge in [0.1, 0.15) is 5.82 Å². The van der Waals surface area contributed by atoms with Crippen LogP contribution in [0.1, 0.15) is 38.2 Å². The van der Waals surface area contributed by atoms with Crippen LogP contribution in [0.5, 0.6) is 0 Å². The molecular weight excluding hydrogens is 425 g/mol. The van der Waals surface area contributed by atoms with Crippen molar-refractivity contribution in [3.63, 3.8) is 0 Å². The summed E-state index contributed by atoms with van der Waals surface area (Å²) in [4.78, 5) is 13.1. The van der Waals surface area contributed by atoms with E-state index in [-0.39, 0.29) is 24.0 Å². The lowest BCUT2D eigenvalue weighted by Crippen LogP contribution is -2.41. The van der Waals surface area contributed by atoms with Crippen LogP contribution in [0.15, 0.2) is 23.3 Å². The molecule has 142 valence electrons. The molecule has 0 aromatic carbocycles. The van der Waals surface area contributed by atoms with Crippen LogP contribution < -0.4 is 10.2 Å². The van der Waals surface area contributed by atoms with Crippen LogP contribution in [0.2, 0.25) is 0 Å². The van der Waals surface area contributed by atoms with Crippen LogP contribution in [-0.2, 0) is 6.54 Å². The minimum absolute atomic E-state index is 0. The van der Waals surface area contributed by atoms with E-state index in [1.165, 1.54) is 31.2 Å². The Morgan fingerprint density at radius 1 is 1.24 bits per heavy atom. The van der Waals surface area contributed by atoms with Crippen LogP contribution in [0.3, 0.4) is 0 Å². The lowest BCUT2D eigenvalue weighted by molar-refractivity contribution is 0.250. The molecule has 25 heavy (non-hydrogen) atoms. The Kier molecular flexibility index (Phi) is 9.53.